The first-order valence-corrected chi connectivity index (χ1v) is 6.32. The number of aliphatic hydroxyl groups excluding tert-OH is 2. The van der Waals surface area contributed by atoms with Crippen molar-refractivity contribution in [2.75, 3.05) is 6.61 Å². The lowest BCUT2D eigenvalue weighted by atomic mass is 9.97. The van der Waals surface area contributed by atoms with E-state index in [-0.39, 0.29) is 30.1 Å². The number of phenols is 2. The van der Waals surface area contributed by atoms with Gasteiger partial charge in [-0.25, -0.2) is 0 Å². The summed E-state index contributed by atoms with van der Waals surface area (Å²) in [6.07, 6.45) is 2.34. The van der Waals surface area contributed by atoms with Gasteiger partial charge in [0.25, 0.3) is 0 Å². The number of aliphatic hydroxyl groups is 2. The predicted octanol–water partition coefficient (Wildman–Crippen LogP) is 2.26. The Morgan fingerprint density at radius 2 is 1.67 bits per heavy atom. The van der Waals surface area contributed by atoms with Gasteiger partial charge in [-0.3, -0.25) is 0 Å². The second kappa shape index (κ2) is 9.74. The van der Waals surface area contributed by atoms with Crippen molar-refractivity contribution in [3.8, 4) is 11.5 Å². The molecule has 0 aliphatic rings. The highest BCUT2D eigenvalue weighted by atomic mass is 16.3. The van der Waals surface area contributed by atoms with Crippen LogP contribution in [0.5, 0.6) is 11.5 Å². The SMILES string of the molecule is CCCC(O)C(CC)CO.Oc1cccc(O)c1. The van der Waals surface area contributed by atoms with Crippen LogP contribution in [-0.2, 0) is 0 Å². The van der Waals surface area contributed by atoms with Gasteiger partial charge < -0.3 is 20.4 Å². The molecule has 104 valence electrons. The van der Waals surface area contributed by atoms with Crippen molar-refractivity contribution in [2.24, 2.45) is 5.92 Å². The zero-order valence-corrected chi connectivity index (χ0v) is 11.1. The second-order valence-corrected chi connectivity index (χ2v) is 4.23. The Hall–Kier alpha value is -1.26. The van der Waals surface area contributed by atoms with E-state index < -0.39 is 0 Å². The zero-order chi connectivity index (χ0) is 14.0. The van der Waals surface area contributed by atoms with Crippen LogP contribution in [0.25, 0.3) is 0 Å². The maximum atomic E-state index is 9.35. The van der Waals surface area contributed by atoms with E-state index in [9.17, 15) is 5.11 Å². The standard InChI is InChI=1S/C8H18O2.C6H6O2/c1-3-5-8(10)7(4-2)6-9;7-5-2-1-3-6(8)4-5/h7-10H,3-6H2,1-2H3;1-4,7-8H. The monoisotopic (exact) mass is 256 g/mol. The van der Waals surface area contributed by atoms with E-state index in [4.69, 9.17) is 15.3 Å². The van der Waals surface area contributed by atoms with Crippen LogP contribution < -0.4 is 0 Å². The van der Waals surface area contributed by atoms with Crippen LogP contribution in [0.4, 0.5) is 0 Å². The fourth-order valence-corrected chi connectivity index (χ4v) is 1.55. The van der Waals surface area contributed by atoms with Crippen molar-refractivity contribution in [1.82, 2.24) is 0 Å². The van der Waals surface area contributed by atoms with Crippen molar-refractivity contribution in [3.63, 3.8) is 0 Å². The van der Waals surface area contributed by atoms with Gasteiger partial charge >= 0.3 is 0 Å². The maximum absolute atomic E-state index is 9.35. The third-order valence-corrected chi connectivity index (χ3v) is 2.72. The first-order chi connectivity index (χ1) is 8.54. The molecule has 1 rings (SSSR count). The highest BCUT2D eigenvalue weighted by Crippen LogP contribution is 2.14. The fraction of sp³-hybridized carbons (Fsp3) is 0.571. The summed E-state index contributed by atoms with van der Waals surface area (Å²) >= 11 is 0. The van der Waals surface area contributed by atoms with Crippen molar-refractivity contribution >= 4 is 0 Å². The molecule has 4 N–H and O–H groups in total. The van der Waals surface area contributed by atoms with Crippen molar-refractivity contribution in [1.29, 1.82) is 0 Å². The van der Waals surface area contributed by atoms with E-state index in [1.807, 2.05) is 13.8 Å². The minimum atomic E-state index is -0.306. The number of hydrogen-bond acceptors (Lipinski definition) is 4. The molecule has 0 bridgehead atoms. The molecule has 0 fully saturated rings. The van der Waals surface area contributed by atoms with Gasteiger partial charge in [-0.1, -0.05) is 26.3 Å². The molecule has 1 aromatic carbocycles. The summed E-state index contributed by atoms with van der Waals surface area (Å²) in [4.78, 5) is 0. The Kier molecular flexibility index (Phi) is 9.06. The fourth-order valence-electron chi connectivity index (χ4n) is 1.55. The summed E-state index contributed by atoms with van der Waals surface area (Å²) in [5, 5.41) is 35.4. The van der Waals surface area contributed by atoms with Crippen LogP contribution in [0.15, 0.2) is 24.3 Å². The van der Waals surface area contributed by atoms with E-state index >= 15 is 0 Å². The minimum absolute atomic E-state index is 0.0833. The topological polar surface area (TPSA) is 80.9 Å². The Labute approximate surface area is 109 Å². The summed E-state index contributed by atoms with van der Waals surface area (Å²) in [6, 6.07) is 5.85. The van der Waals surface area contributed by atoms with Gasteiger partial charge in [0.05, 0.1) is 6.10 Å². The molecule has 2 unspecified atom stereocenters. The Morgan fingerprint density at radius 1 is 1.11 bits per heavy atom. The predicted molar refractivity (Wildman–Crippen MR) is 71.6 cm³/mol. The number of benzene rings is 1. The molecule has 0 saturated heterocycles. The van der Waals surface area contributed by atoms with Gasteiger partial charge in [0.2, 0.25) is 0 Å². The van der Waals surface area contributed by atoms with Crippen molar-refractivity contribution < 1.29 is 20.4 Å². The lowest BCUT2D eigenvalue weighted by Crippen LogP contribution is -2.22. The first kappa shape index (κ1) is 16.7. The van der Waals surface area contributed by atoms with Gasteiger partial charge in [0.1, 0.15) is 11.5 Å². The van der Waals surface area contributed by atoms with E-state index in [2.05, 4.69) is 0 Å². The lowest BCUT2D eigenvalue weighted by Gasteiger charge is -2.17. The summed E-state index contributed by atoms with van der Waals surface area (Å²) < 4.78 is 0. The van der Waals surface area contributed by atoms with Gasteiger partial charge in [-0.05, 0) is 25.0 Å². The summed E-state index contributed by atoms with van der Waals surface area (Å²) in [6.45, 7) is 4.13. The normalized spacial score (nSPS) is 13.3. The Balaban J connectivity index is 0.000000327. The summed E-state index contributed by atoms with van der Waals surface area (Å²) in [5.74, 6) is 0.259. The zero-order valence-electron chi connectivity index (χ0n) is 11.1. The van der Waals surface area contributed by atoms with Gasteiger partial charge in [0.15, 0.2) is 0 Å². The molecule has 0 heterocycles. The Morgan fingerprint density at radius 3 is 1.94 bits per heavy atom. The number of rotatable bonds is 5. The van der Waals surface area contributed by atoms with Gasteiger partial charge in [-0.15, -0.1) is 0 Å². The molecule has 0 radical (unpaired) electrons. The van der Waals surface area contributed by atoms with Crippen LogP contribution in [0.2, 0.25) is 0 Å². The molecular weight excluding hydrogens is 232 g/mol. The molecule has 0 aromatic heterocycles. The average molecular weight is 256 g/mol. The molecule has 18 heavy (non-hydrogen) atoms. The van der Waals surface area contributed by atoms with E-state index in [0.29, 0.717) is 0 Å². The smallest absolute Gasteiger partial charge is 0.119 e. The van der Waals surface area contributed by atoms with E-state index in [0.717, 1.165) is 19.3 Å². The quantitative estimate of drug-likeness (QED) is 0.651. The van der Waals surface area contributed by atoms with E-state index in [1.54, 1.807) is 6.07 Å². The molecule has 0 saturated carbocycles. The van der Waals surface area contributed by atoms with Crippen LogP contribution in [-0.4, -0.2) is 33.1 Å². The third kappa shape index (κ3) is 7.14. The molecule has 0 aliphatic heterocycles. The first-order valence-electron chi connectivity index (χ1n) is 6.32. The number of aromatic hydroxyl groups is 2. The van der Waals surface area contributed by atoms with Gasteiger partial charge in [-0.2, -0.15) is 0 Å². The summed E-state index contributed by atoms with van der Waals surface area (Å²) in [5.41, 5.74) is 0. The molecule has 1 aromatic rings. The molecule has 4 heteroatoms. The lowest BCUT2D eigenvalue weighted by molar-refractivity contribution is 0.0584. The summed E-state index contributed by atoms with van der Waals surface area (Å²) in [7, 11) is 0. The average Bonchev–Trinajstić information content (AvgIpc) is 2.31. The van der Waals surface area contributed by atoms with Crippen LogP contribution in [0.1, 0.15) is 33.1 Å². The third-order valence-electron chi connectivity index (χ3n) is 2.72. The molecule has 2 atom stereocenters. The van der Waals surface area contributed by atoms with Crippen LogP contribution in [0, 0.1) is 5.92 Å². The van der Waals surface area contributed by atoms with Crippen LogP contribution >= 0.6 is 0 Å². The molecule has 4 nitrogen and oxygen atoms in total. The molecule has 0 spiro atoms. The maximum Gasteiger partial charge on any atom is 0.119 e. The molecule has 0 aliphatic carbocycles. The molecule has 0 amide bonds. The highest BCUT2D eigenvalue weighted by Gasteiger charge is 2.14. The van der Waals surface area contributed by atoms with Gasteiger partial charge in [0, 0.05) is 18.6 Å². The molecular formula is C14H24O4. The minimum Gasteiger partial charge on any atom is -0.508 e. The Bertz CT molecular complexity index is 293. The number of phenolic OH excluding ortho intramolecular Hbond substituents is 2. The van der Waals surface area contributed by atoms with E-state index in [1.165, 1.54) is 18.2 Å². The van der Waals surface area contributed by atoms with Crippen molar-refractivity contribution in [2.45, 2.75) is 39.2 Å². The highest BCUT2D eigenvalue weighted by molar-refractivity contribution is 5.30. The second-order valence-electron chi connectivity index (χ2n) is 4.23. The largest absolute Gasteiger partial charge is 0.508 e. The van der Waals surface area contributed by atoms with Crippen molar-refractivity contribution in [3.05, 3.63) is 24.3 Å². The van der Waals surface area contributed by atoms with Crippen LogP contribution in [0.3, 0.4) is 0 Å². The number of hydrogen-bond donors (Lipinski definition) is 4.